The smallest absolute Gasteiger partial charge is 0.243 e. The van der Waals surface area contributed by atoms with Gasteiger partial charge in [-0.15, -0.1) is 0 Å². The van der Waals surface area contributed by atoms with E-state index in [0.29, 0.717) is 24.9 Å². The fourth-order valence-corrected chi connectivity index (χ4v) is 6.72. The minimum Gasteiger partial charge on any atom is -0.320 e. The molecule has 0 saturated carbocycles. The summed E-state index contributed by atoms with van der Waals surface area (Å²) < 4.78 is 41.9. The molecule has 1 unspecified atom stereocenters. The second-order valence-corrected chi connectivity index (χ2v) is 11.8. The predicted molar refractivity (Wildman–Crippen MR) is 153 cm³/mol. The number of hydrogen-bond donors (Lipinski definition) is 0. The molecule has 9 heteroatoms. The number of anilines is 1. The molecule has 4 aromatic rings. The van der Waals surface area contributed by atoms with Crippen LogP contribution in [0, 0.1) is 11.7 Å². The number of halogens is 1. The highest BCUT2D eigenvalue weighted by molar-refractivity contribution is 7.89. The number of amides is 1. The van der Waals surface area contributed by atoms with E-state index in [9.17, 15) is 17.6 Å². The molecule has 0 spiro atoms. The lowest BCUT2D eigenvalue weighted by molar-refractivity contribution is -0.131. The van der Waals surface area contributed by atoms with Crippen molar-refractivity contribution in [3.05, 3.63) is 116 Å². The Morgan fingerprint density at radius 3 is 2.35 bits per heavy atom. The van der Waals surface area contributed by atoms with Crippen LogP contribution in [0.2, 0.25) is 0 Å². The summed E-state index contributed by atoms with van der Waals surface area (Å²) in [5, 5.41) is 0.780. The summed E-state index contributed by atoms with van der Waals surface area (Å²) >= 11 is 0. The van der Waals surface area contributed by atoms with E-state index in [1.807, 2.05) is 53.4 Å². The van der Waals surface area contributed by atoms with Gasteiger partial charge in [0, 0.05) is 55.5 Å². The Morgan fingerprint density at radius 2 is 1.60 bits per heavy atom. The largest absolute Gasteiger partial charge is 0.320 e. The Morgan fingerprint density at radius 1 is 0.875 bits per heavy atom. The molecule has 1 saturated heterocycles. The van der Waals surface area contributed by atoms with E-state index in [4.69, 9.17) is 0 Å². The first-order chi connectivity index (χ1) is 19.4. The monoisotopic (exact) mass is 554 g/mol. The van der Waals surface area contributed by atoms with Gasteiger partial charge in [-0.3, -0.25) is 14.7 Å². The van der Waals surface area contributed by atoms with Gasteiger partial charge in [0.05, 0.1) is 22.0 Å². The highest BCUT2D eigenvalue weighted by Gasteiger charge is 2.35. The summed E-state index contributed by atoms with van der Waals surface area (Å²) in [4.78, 5) is 21.2. The standard InChI is InChI=1S/C31H27FN4O3S/c32-26-10-13-28-29(21-26)33-15-14-30(28)34-17-19-35(20-18-34)31(37)25-7-4-16-36(22-25)40(38,39)27-11-8-24(9-12-27)23-5-2-1-3-6-23/h1-3,5-6,8-15,17-21,25H,4,7,16,22H2. The van der Waals surface area contributed by atoms with Gasteiger partial charge in [0.25, 0.3) is 0 Å². The molecule has 1 fully saturated rings. The number of sulfonamides is 1. The molecular weight excluding hydrogens is 527 g/mol. The minimum atomic E-state index is -3.74. The number of fused-ring (bicyclic) bond motifs is 1. The molecule has 2 aliphatic rings. The zero-order chi connectivity index (χ0) is 27.7. The Balaban J connectivity index is 1.14. The normalized spacial score (nSPS) is 17.9. The van der Waals surface area contributed by atoms with Gasteiger partial charge in [-0.25, -0.2) is 12.8 Å². The Kier molecular flexibility index (Phi) is 6.91. The zero-order valence-electron chi connectivity index (χ0n) is 21.6. The number of carbonyl (C=O) groups is 1. The third-order valence-corrected chi connectivity index (χ3v) is 9.20. The molecule has 0 aliphatic carbocycles. The highest BCUT2D eigenvalue weighted by atomic mass is 32.2. The number of benzene rings is 3. The van der Waals surface area contributed by atoms with Gasteiger partial charge in [-0.1, -0.05) is 42.5 Å². The Hall–Kier alpha value is -4.34. The zero-order valence-corrected chi connectivity index (χ0v) is 22.4. The molecule has 40 heavy (non-hydrogen) atoms. The van der Waals surface area contributed by atoms with Gasteiger partial charge in [0.15, 0.2) is 0 Å². The van der Waals surface area contributed by atoms with Crippen molar-refractivity contribution in [2.75, 3.05) is 18.0 Å². The molecule has 0 radical (unpaired) electrons. The average Bonchev–Trinajstić information content (AvgIpc) is 3.01. The summed E-state index contributed by atoms with van der Waals surface area (Å²) in [6, 6.07) is 22.9. The fraction of sp³-hybridized carbons (Fsp3) is 0.161. The predicted octanol–water partition coefficient (Wildman–Crippen LogP) is 5.73. The first kappa shape index (κ1) is 25.9. The summed E-state index contributed by atoms with van der Waals surface area (Å²) in [6.45, 7) is 0.506. The summed E-state index contributed by atoms with van der Waals surface area (Å²) in [7, 11) is -3.74. The van der Waals surface area contributed by atoms with E-state index in [1.165, 1.54) is 21.3 Å². The molecular formula is C31H27FN4O3S. The maximum Gasteiger partial charge on any atom is 0.243 e. The van der Waals surface area contributed by atoms with Crippen molar-refractivity contribution in [1.29, 1.82) is 0 Å². The van der Waals surface area contributed by atoms with Gasteiger partial charge >= 0.3 is 0 Å². The molecule has 1 atom stereocenters. The van der Waals surface area contributed by atoms with Crippen molar-refractivity contribution in [1.82, 2.24) is 14.2 Å². The van der Waals surface area contributed by atoms with Crippen LogP contribution in [-0.2, 0) is 14.8 Å². The quantitative estimate of drug-likeness (QED) is 0.315. The van der Waals surface area contributed by atoms with E-state index in [0.717, 1.165) is 22.2 Å². The van der Waals surface area contributed by atoms with Gasteiger partial charge < -0.3 is 4.90 Å². The van der Waals surface area contributed by atoms with Crippen LogP contribution >= 0.6 is 0 Å². The molecule has 1 aromatic heterocycles. The van der Waals surface area contributed by atoms with E-state index < -0.39 is 15.9 Å². The minimum absolute atomic E-state index is 0.129. The van der Waals surface area contributed by atoms with E-state index >= 15 is 0 Å². The van der Waals surface area contributed by atoms with Crippen molar-refractivity contribution in [3.8, 4) is 11.1 Å². The highest BCUT2D eigenvalue weighted by Crippen LogP contribution is 2.30. The lowest BCUT2D eigenvalue weighted by Gasteiger charge is -2.33. The number of aromatic nitrogens is 1. The van der Waals surface area contributed by atoms with Crippen LogP contribution in [0.1, 0.15) is 12.8 Å². The van der Waals surface area contributed by atoms with Crippen molar-refractivity contribution in [3.63, 3.8) is 0 Å². The van der Waals surface area contributed by atoms with Gasteiger partial charge in [0.1, 0.15) is 5.82 Å². The summed E-state index contributed by atoms with van der Waals surface area (Å²) in [5.74, 6) is -0.975. The first-order valence-corrected chi connectivity index (χ1v) is 14.5. The third-order valence-electron chi connectivity index (χ3n) is 7.32. The van der Waals surface area contributed by atoms with E-state index in [-0.39, 0.29) is 23.2 Å². The fourth-order valence-electron chi connectivity index (χ4n) is 5.20. The number of hydrogen-bond acceptors (Lipinski definition) is 5. The molecule has 2 aliphatic heterocycles. The first-order valence-electron chi connectivity index (χ1n) is 13.1. The molecule has 7 nitrogen and oxygen atoms in total. The van der Waals surface area contributed by atoms with Crippen molar-refractivity contribution >= 4 is 32.5 Å². The maximum absolute atomic E-state index is 13.6. The van der Waals surface area contributed by atoms with E-state index in [1.54, 1.807) is 49.2 Å². The van der Waals surface area contributed by atoms with Crippen LogP contribution < -0.4 is 4.90 Å². The van der Waals surface area contributed by atoms with E-state index in [2.05, 4.69) is 4.98 Å². The van der Waals surface area contributed by atoms with Crippen LogP contribution in [0.15, 0.2) is 115 Å². The molecule has 202 valence electrons. The molecule has 0 N–H and O–H groups in total. The lowest BCUT2D eigenvalue weighted by atomic mass is 9.98. The maximum atomic E-state index is 13.6. The number of rotatable bonds is 5. The lowest BCUT2D eigenvalue weighted by Crippen LogP contribution is -2.45. The van der Waals surface area contributed by atoms with Crippen LogP contribution in [0.5, 0.6) is 0 Å². The Bertz CT molecular complexity index is 1710. The average molecular weight is 555 g/mol. The number of pyridine rings is 1. The van der Waals surface area contributed by atoms with Crippen LogP contribution in [0.4, 0.5) is 10.1 Å². The van der Waals surface area contributed by atoms with Crippen molar-refractivity contribution < 1.29 is 17.6 Å². The van der Waals surface area contributed by atoms with Crippen molar-refractivity contribution in [2.24, 2.45) is 5.92 Å². The van der Waals surface area contributed by atoms with Crippen molar-refractivity contribution in [2.45, 2.75) is 17.7 Å². The molecule has 1 amide bonds. The summed E-state index contributed by atoms with van der Waals surface area (Å²) in [6.07, 6.45) is 9.65. The van der Waals surface area contributed by atoms with Crippen LogP contribution in [-0.4, -0.2) is 41.6 Å². The second kappa shape index (κ2) is 10.7. The third kappa shape index (κ3) is 5.01. The topological polar surface area (TPSA) is 73.8 Å². The van der Waals surface area contributed by atoms with Crippen LogP contribution in [0.3, 0.4) is 0 Å². The van der Waals surface area contributed by atoms with Crippen LogP contribution in [0.25, 0.3) is 22.0 Å². The Labute approximate surface area is 232 Å². The molecule has 3 heterocycles. The van der Waals surface area contributed by atoms with Gasteiger partial charge in [0.2, 0.25) is 15.9 Å². The number of nitrogens with zero attached hydrogens (tertiary/aromatic N) is 4. The second-order valence-electron chi connectivity index (χ2n) is 9.83. The van der Waals surface area contributed by atoms with Gasteiger partial charge in [-0.2, -0.15) is 4.31 Å². The van der Waals surface area contributed by atoms with Gasteiger partial charge in [-0.05, 0) is 54.3 Å². The SMILES string of the molecule is O=C(C1CCCN(S(=O)(=O)c2ccc(-c3ccccc3)cc2)C1)N1C=CN(c2ccnc3cc(F)ccc23)C=C1. The molecule has 0 bridgehead atoms. The molecule has 3 aromatic carbocycles. The number of carbonyl (C=O) groups excluding carboxylic acids is 1. The molecule has 6 rings (SSSR count). The number of piperidine rings is 1. The summed E-state index contributed by atoms with van der Waals surface area (Å²) in [5.41, 5.74) is 3.30.